The van der Waals surface area contributed by atoms with E-state index in [0.29, 0.717) is 18.2 Å². The summed E-state index contributed by atoms with van der Waals surface area (Å²) in [6.45, 7) is 4.28. The Kier molecular flexibility index (Phi) is 9.26. The Balaban J connectivity index is 3.35. The lowest BCUT2D eigenvalue weighted by Gasteiger charge is -2.13. The normalized spacial score (nSPS) is 12.5. The van der Waals surface area contributed by atoms with Crippen molar-refractivity contribution in [2.45, 2.75) is 58.4 Å². The zero-order valence-electron chi connectivity index (χ0n) is 9.38. The molecule has 0 bridgehead atoms. The second-order valence-corrected chi connectivity index (χ2v) is 4.24. The summed E-state index contributed by atoms with van der Waals surface area (Å²) in [6.07, 6.45) is 6.69. The van der Waals surface area contributed by atoms with Crippen LogP contribution in [0.4, 0.5) is 0 Å². The molecule has 0 aliphatic heterocycles. The Labute approximate surface area is 93.3 Å². The average molecular weight is 217 g/mol. The highest BCUT2D eigenvalue weighted by atomic mass is 32.1. The Hall–Kier alpha value is -0.180. The molecule has 0 aliphatic rings. The molecule has 0 heterocycles. The van der Waals surface area contributed by atoms with Crippen molar-refractivity contribution in [2.24, 2.45) is 0 Å². The maximum absolute atomic E-state index is 11.2. The van der Waals surface area contributed by atoms with E-state index in [9.17, 15) is 4.79 Å². The van der Waals surface area contributed by atoms with E-state index in [1.807, 2.05) is 0 Å². The first-order chi connectivity index (χ1) is 6.70. The van der Waals surface area contributed by atoms with Gasteiger partial charge in [0, 0.05) is 12.5 Å². The molecule has 0 radical (unpaired) electrons. The van der Waals surface area contributed by atoms with Crippen LogP contribution < -0.4 is 5.32 Å². The van der Waals surface area contributed by atoms with Gasteiger partial charge in [0.2, 0.25) is 5.91 Å². The van der Waals surface area contributed by atoms with Crippen LogP contribution in [0.1, 0.15) is 52.4 Å². The average Bonchev–Trinajstić information content (AvgIpc) is 2.13. The summed E-state index contributed by atoms with van der Waals surface area (Å²) < 4.78 is 0. The second-order valence-electron chi connectivity index (χ2n) is 3.79. The van der Waals surface area contributed by atoms with Crippen molar-refractivity contribution in [3.05, 3.63) is 0 Å². The molecule has 0 fully saturated rings. The highest BCUT2D eigenvalue weighted by Gasteiger charge is 2.05. The summed E-state index contributed by atoms with van der Waals surface area (Å²) in [6, 6.07) is 0.319. The van der Waals surface area contributed by atoms with Crippen LogP contribution in [0, 0.1) is 0 Å². The van der Waals surface area contributed by atoms with Gasteiger partial charge in [0.05, 0.1) is 0 Å². The Morgan fingerprint density at radius 3 is 2.64 bits per heavy atom. The van der Waals surface area contributed by atoms with Gasteiger partial charge in [-0.25, -0.2) is 0 Å². The molecule has 0 aromatic heterocycles. The molecule has 0 spiro atoms. The number of unbranched alkanes of at least 4 members (excludes halogenated alkanes) is 3. The Morgan fingerprint density at radius 1 is 1.36 bits per heavy atom. The van der Waals surface area contributed by atoms with Crippen LogP contribution in [-0.4, -0.2) is 17.7 Å². The molecule has 0 aromatic carbocycles. The van der Waals surface area contributed by atoms with Crippen molar-refractivity contribution in [3.63, 3.8) is 0 Å². The van der Waals surface area contributed by atoms with E-state index >= 15 is 0 Å². The molecule has 0 saturated heterocycles. The number of hydrogen-bond acceptors (Lipinski definition) is 2. The van der Waals surface area contributed by atoms with Crippen LogP contribution in [-0.2, 0) is 4.79 Å². The summed E-state index contributed by atoms with van der Waals surface area (Å²) in [4.78, 5) is 11.2. The van der Waals surface area contributed by atoms with Gasteiger partial charge in [-0.2, -0.15) is 12.6 Å². The largest absolute Gasteiger partial charge is 0.354 e. The van der Waals surface area contributed by atoms with E-state index in [2.05, 4.69) is 31.8 Å². The fourth-order valence-electron chi connectivity index (χ4n) is 1.40. The quantitative estimate of drug-likeness (QED) is 0.475. The third kappa shape index (κ3) is 8.42. The van der Waals surface area contributed by atoms with Crippen LogP contribution in [0.25, 0.3) is 0 Å². The van der Waals surface area contributed by atoms with E-state index in [1.165, 1.54) is 25.7 Å². The first-order valence-corrected chi connectivity index (χ1v) is 6.24. The number of thiol groups is 1. The Bertz CT molecular complexity index is 150. The van der Waals surface area contributed by atoms with Crippen molar-refractivity contribution in [3.8, 4) is 0 Å². The number of rotatable bonds is 8. The van der Waals surface area contributed by atoms with Crippen molar-refractivity contribution in [1.29, 1.82) is 0 Å². The maximum Gasteiger partial charge on any atom is 0.221 e. The fourth-order valence-corrected chi connectivity index (χ4v) is 1.60. The molecule has 1 unspecified atom stereocenters. The minimum absolute atomic E-state index is 0.128. The lowest BCUT2D eigenvalue weighted by Crippen LogP contribution is -2.32. The predicted molar refractivity (Wildman–Crippen MR) is 64.8 cm³/mol. The monoisotopic (exact) mass is 217 g/mol. The molecular weight excluding hydrogens is 194 g/mol. The molecule has 0 saturated carbocycles. The predicted octanol–water partition coefficient (Wildman–Crippen LogP) is 2.78. The molecule has 0 rings (SSSR count). The van der Waals surface area contributed by atoms with E-state index in [0.717, 1.165) is 6.42 Å². The van der Waals surface area contributed by atoms with Crippen LogP contribution in [0.2, 0.25) is 0 Å². The molecule has 1 N–H and O–H groups in total. The van der Waals surface area contributed by atoms with Crippen LogP contribution in [0.3, 0.4) is 0 Å². The SMILES string of the molecule is CCCCCCC(C)NC(=O)CCS. The number of nitrogens with one attached hydrogen (secondary N) is 1. The van der Waals surface area contributed by atoms with Gasteiger partial charge >= 0.3 is 0 Å². The zero-order valence-corrected chi connectivity index (χ0v) is 10.3. The summed E-state index contributed by atoms with van der Waals surface area (Å²) in [5.41, 5.74) is 0. The van der Waals surface area contributed by atoms with E-state index < -0.39 is 0 Å². The molecule has 14 heavy (non-hydrogen) atoms. The summed E-state index contributed by atoms with van der Waals surface area (Å²) in [5.74, 6) is 0.761. The van der Waals surface area contributed by atoms with Crippen LogP contribution in [0.15, 0.2) is 0 Å². The van der Waals surface area contributed by atoms with Crippen LogP contribution >= 0.6 is 12.6 Å². The molecular formula is C11H23NOS. The van der Waals surface area contributed by atoms with Crippen molar-refractivity contribution >= 4 is 18.5 Å². The molecule has 84 valence electrons. The van der Waals surface area contributed by atoms with Gasteiger partial charge in [0.25, 0.3) is 0 Å². The highest BCUT2D eigenvalue weighted by molar-refractivity contribution is 7.80. The number of carbonyl (C=O) groups excluding carboxylic acids is 1. The van der Waals surface area contributed by atoms with Crippen molar-refractivity contribution in [1.82, 2.24) is 5.32 Å². The van der Waals surface area contributed by atoms with Gasteiger partial charge in [0.15, 0.2) is 0 Å². The summed E-state index contributed by atoms with van der Waals surface area (Å²) in [5, 5.41) is 2.97. The lowest BCUT2D eigenvalue weighted by molar-refractivity contribution is -0.121. The third-order valence-electron chi connectivity index (χ3n) is 2.24. The second kappa shape index (κ2) is 9.38. The molecule has 2 nitrogen and oxygen atoms in total. The summed E-state index contributed by atoms with van der Waals surface area (Å²) in [7, 11) is 0. The van der Waals surface area contributed by atoms with Gasteiger partial charge < -0.3 is 5.32 Å². The topological polar surface area (TPSA) is 29.1 Å². The molecule has 0 aliphatic carbocycles. The minimum Gasteiger partial charge on any atom is -0.354 e. The minimum atomic E-state index is 0.128. The molecule has 1 atom stereocenters. The number of carbonyl (C=O) groups is 1. The van der Waals surface area contributed by atoms with Gasteiger partial charge in [-0.1, -0.05) is 32.6 Å². The fraction of sp³-hybridized carbons (Fsp3) is 0.909. The number of hydrogen-bond donors (Lipinski definition) is 2. The molecule has 1 amide bonds. The van der Waals surface area contributed by atoms with Gasteiger partial charge in [-0.15, -0.1) is 0 Å². The van der Waals surface area contributed by atoms with Gasteiger partial charge in [-0.3, -0.25) is 4.79 Å². The highest BCUT2D eigenvalue weighted by Crippen LogP contribution is 2.05. The van der Waals surface area contributed by atoms with E-state index in [1.54, 1.807) is 0 Å². The Morgan fingerprint density at radius 2 is 2.07 bits per heavy atom. The molecule has 3 heteroatoms. The number of amides is 1. The van der Waals surface area contributed by atoms with Gasteiger partial charge in [-0.05, 0) is 19.1 Å². The third-order valence-corrected chi connectivity index (χ3v) is 2.46. The summed E-state index contributed by atoms with van der Waals surface area (Å²) >= 11 is 4.02. The van der Waals surface area contributed by atoms with Crippen LogP contribution in [0.5, 0.6) is 0 Å². The first kappa shape index (κ1) is 13.8. The first-order valence-electron chi connectivity index (χ1n) is 5.61. The zero-order chi connectivity index (χ0) is 10.8. The van der Waals surface area contributed by atoms with E-state index in [4.69, 9.17) is 0 Å². The van der Waals surface area contributed by atoms with E-state index in [-0.39, 0.29) is 5.91 Å². The maximum atomic E-state index is 11.2. The van der Waals surface area contributed by atoms with Crippen molar-refractivity contribution in [2.75, 3.05) is 5.75 Å². The smallest absolute Gasteiger partial charge is 0.221 e. The van der Waals surface area contributed by atoms with Gasteiger partial charge in [0.1, 0.15) is 0 Å². The standard InChI is InChI=1S/C11H23NOS/c1-3-4-5-6-7-10(2)12-11(13)8-9-14/h10,14H,3-9H2,1-2H3,(H,12,13). The molecule has 0 aromatic rings. The lowest BCUT2D eigenvalue weighted by atomic mass is 10.1. The van der Waals surface area contributed by atoms with Crippen molar-refractivity contribution < 1.29 is 4.79 Å².